The average molecular weight is 904 g/mol. The van der Waals surface area contributed by atoms with Gasteiger partial charge in [0.1, 0.15) is 6.04 Å². The topological polar surface area (TPSA) is 255 Å². The molecule has 0 rings (SSSR count). The summed E-state index contributed by atoms with van der Waals surface area (Å²) in [5, 5.41) is 29.5. The number of carboxylic acid groups (broad SMARTS) is 2. The number of allylic oxidation sites excluding steroid dienone is 1. The van der Waals surface area contributed by atoms with Crippen molar-refractivity contribution in [2.75, 3.05) is 19.6 Å². The van der Waals surface area contributed by atoms with Crippen LogP contribution >= 0.6 is 25.4 Å². The number of amides is 3. The van der Waals surface area contributed by atoms with E-state index in [4.69, 9.17) is 16.6 Å². The highest BCUT2D eigenvalue weighted by Crippen LogP contribution is 2.14. The van der Waals surface area contributed by atoms with Crippen LogP contribution in [-0.4, -0.2) is 88.8 Å². The average Bonchev–Trinajstić information content (AvgIpc) is 3.23. The minimum Gasteiger partial charge on any atom is -0.481 e. The van der Waals surface area contributed by atoms with Crippen LogP contribution in [0, 0.1) is 0 Å². The Morgan fingerprint density at radius 3 is 1.31 bits per heavy atom. The Labute approximate surface area is 378 Å². The molecule has 0 aliphatic carbocycles. The Bertz CT molecular complexity index is 1200. The molecular weight excluding hydrogens is 819 g/mol. The molecule has 61 heavy (non-hydrogen) atoms. The first kappa shape index (κ1) is 60.2. The van der Waals surface area contributed by atoms with Crippen molar-refractivity contribution in [1.82, 2.24) is 26.0 Å². The van der Waals surface area contributed by atoms with Crippen molar-refractivity contribution >= 4 is 60.2 Å². The van der Waals surface area contributed by atoms with Gasteiger partial charge in [-0.1, -0.05) is 110 Å². The maximum Gasteiger partial charge on any atom is 0.326 e. The van der Waals surface area contributed by atoms with Crippen molar-refractivity contribution in [2.45, 2.75) is 211 Å². The second kappa shape index (κ2) is 42.4. The van der Waals surface area contributed by atoms with Gasteiger partial charge in [-0.3, -0.25) is 28.7 Å². The van der Waals surface area contributed by atoms with E-state index < -0.39 is 36.1 Å². The quantitative estimate of drug-likeness (QED) is 0.0234. The van der Waals surface area contributed by atoms with Gasteiger partial charge < -0.3 is 42.9 Å². The molecule has 17 heteroatoms. The lowest BCUT2D eigenvalue weighted by atomic mass is 10.0. The van der Waals surface area contributed by atoms with E-state index in [1.54, 1.807) is 0 Å². The van der Waals surface area contributed by atoms with E-state index in [1.165, 1.54) is 44.9 Å². The third-order valence-corrected chi connectivity index (χ3v) is 10.9. The summed E-state index contributed by atoms with van der Waals surface area (Å²) in [5.41, 5.74) is 12.7. The number of rotatable bonds is 42. The van der Waals surface area contributed by atoms with Gasteiger partial charge in [0.2, 0.25) is 22.8 Å². The molecule has 4 atom stereocenters. The normalized spacial score (nSPS) is 12.8. The fourth-order valence-electron chi connectivity index (χ4n) is 6.52. The molecule has 0 aliphatic rings. The van der Waals surface area contributed by atoms with Gasteiger partial charge >= 0.3 is 11.9 Å². The lowest BCUT2D eigenvalue weighted by molar-refractivity contribution is -0.142. The van der Waals surface area contributed by atoms with E-state index in [2.05, 4.69) is 58.0 Å². The van der Waals surface area contributed by atoms with Gasteiger partial charge in [0, 0.05) is 38.2 Å². The van der Waals surface area contributed by atoms with Crippen LogP contribution in [0.3, 0.4) is 0 Å². The molecule has 0 fully saturated rings. The van der Waals surface area contributed by atoms with Crippen LogP contribution in [0.4, 0.5) is 0 Å². The summed E-state index contributed by atoms with van der Waals surface area (Å²) in [5.74, 6) is -2.47. The molecule has 0 bridgehead atoms. The molecule has 0 aliphatic heterocycles. The van der Waals surface area contributed by atoms with Crippen LogP contribution in [-0.2, 0) is 28.8 Å². The summed E-state index contributed by atoms with van der Waals surface area (Å²) < 4.78 is 2.61. The first-order valence-corrected chi connectivity index (χ1v) is 24.0. The molecule has 356 valence electrons. The molecule has 0 saturated carbocycles. The molecule has 3 unspecified atom stereocenters. The minimum atomic E-state index is -1.06. The van der Waals surface area contributed by atoms with E-state index in [0.29, 0.717) is 83.1 Å². The number of carbonyl (C=O) groups excluding carboxylic acids is 4. The van der Waals surface area contributed by atoms with Gasteiger partial charge in [0.25, 0.3) is 0 Å². The van der Waals surface area contributed by atoms with E-state index in [9.17, 15) is 33.9 Å². The van der Waals surface area contributed by atoms with E-state index in [1.807, 2.05) is 13.8 Å². The lowest BCUT2D eigenvalue weighted by Crippen LogP contribution is -2.42. The second-order valence-corrected chi connectivity index (χ2v) is 16.4. The summed E-state index contributed by atoms with van der Waals surface area (Å²) in [7, 11) is 0. The number of nitrogens with two attached hydrogens (primary N) is 2. The second-order valence-electron chi connectivity index (χ2n) is 15.7. The van der Waals surface area contributed by atoms with E-state index in [0.717, 1.165) is 57.8 Å². The standard InChI is InChI=1S/C42H79N7O8S2.C2H6/c1-32(27-28-35(41(55)56)48-37(50)25-14-12-10-8-6-4-2-3-5-7-9-11-13-15-26-38(51)52)45-29-19-16-22-33(43)39(53)46-30-20-17-23-34(44)40(54)47-31-21-18-24-36(49-59)42(57)58;1-2/h33-36,45,49,59H,1-31,43-44H2,(H,46,53)(H,47,54)(H,48,50)(H,51,52)(H,55,56)(H,57,58);1-2H3/t33-,34?,35?,36?;/m0./s1. The zero-order valence-electron chi connectivity index (χ0n) is 37.6. The van der Waals surface area contributed by atoms with Gasteiger partial charge in [0.05, 0.1) is 18.1 Å². The zero-order valence-corrected chi connectivity index (χ0v) is 39.4. The molecule has 15 nitrogen and oxygen atoms in total. The summed E-state index contributed by atoms with van der Waals surface area (Å²) in [6, 6.07) is -2.67. The highest BCUT2D eigenvalue weighted by molar-refractivity contribution is 7.96. The number of nitrogens with one attached hydrogen (secondary N) is 5. The Kier molecular flexibility index (Phi) is 41.9. The number of hydrogen-bond donors (Lipinski definition) is 11. The highest BCUT2D eigenvalue weighted by atomic mass is 32.1. The summed E-state index contributed by atoms with van der Waals surface area (Å²) in [6.07, 6.45) is 22.4. The molecule has 0 saturated heterocycles. The smallest absolute Gasteiger partial charge is 0.326 e. The first-order chi connectivity index (χ1) is 29.3. The number of carboxylic acids is 2. The van der Waals surface area contributed by atoms with Crippen LogP contribution in [0.1, 0.15) is 187 Å². The van der Waals surface area contributed by atoms with Crippen molar-refractivity contribution in [1.29, 1.82) is 0 Å². The summed E-state index contributed by atoms with van der Waals surface area (Å²) >= 11 is 7.71. The maximum absolute atomic E-state index is 12.4. The molecule has 0 spiro atoms. The molecule has 0 aromatic rings. The molecule has 0 aromatic heterocycles. The van der Waals surface area contributed by atoms with Crippen molar-refractivity contribution in [3.63, 3.8) is 0 Å². The van der Waals surface area contributed by atoms with Crippen LogP contribution in [0.15, 0.2) is 12.3 Å². The Hall–Kier alpha value is -2.86. The molecule has 3 amide bonds. The zero-order chi connectivity index (χ0) is 46.1. The predicted molar refractivity (Wildman–Crippen MR) is 252 cm³/mol. The van der Waals surface area contributed by atoms with Crippen molar-refractivity contribution in [3.8, 4) is 0 Å². The highest BCUT2D eigenvalue weighted by Gasteiger charge is 2.20. The molecule has 11 N–H and O–H groups in total. The van der Waals surface area contributed by atoms with E-state index >= 15 is 0 Å². The third-order valence-electron chi connectivity index (χ3n) is 10.3. The Morgan fingerprint density at radius 1 is 0.525 bits per heavy atom. The molecule has 0 aromatic carbocycles. The SMILES string of the molecule is C=C(CCC(NC(=O)CCCCCCCCCCCCCCCCC(=O)O)C(=O)O)NCCCC[C@H](N)C(=O)NCCCCC(N)C(=O)NCCCCC(NS)C(=O)S.CC. The predicted octanol–water partition coefficient (Wildman–Crippen LogP) is 6.45. The van der Waals surface area contributed by atoms with Crippen LogP contribution in [0.25, 0.3) is 0 Å². The lowest BCUT2D eigenvalue weighted by Gasteiger charge is -2.16. The minimum absolute atomic E-state index is 0.227. The number of carbonyl (C=O) groups is 6. The van der Waals surface area contributed by atoms with Crippen LogP contribution < -0.4 is 37.5 Å². The molecular formula is C44H85N7O8S2. The van der Waals surface area contributed by atoms with Crippen LogP contribution in [0.5, 0.6) is 0 Å². The largest absolute Gasteiger partial charge is 0.481 e. The molecule has 0 heterocycles. The van der Waals surface area contributed by atoms with Crippen LogP contribution in [0.2, 0.25) is 0 Å². The fraction of sp³-hybridized carbons (Fsp3) is 0.818. The number of hydrogen-bond acceptors (Lipinski definition) is 11. The van der Waals surface area contributed by atoms with Gasteiger partial charge in [-0.15, -0.1) is 12.6 Å². The monoisotopic (exact) mass is 904 g/mol. The van der Waals surface area contributed by atoms with Crippen molar-refractivity contribution in [2.24, 2.45) is 11.5 Å². The third kappa shape index (κ3) is 38.5. The maximum atomic E-state index is 12.4. The Balaban J connectivity index is 0. The fourth-order valence-corrected chi connectivity index (χ4v) is 7.06. The summed E-state index contributed by atoms with van der Waals surface area (Å²) in [4.78, 5) is 70.6. The van der Waals surface area contributed by atoms with Gasteiger partial charge in [-0.25, -0.2) is 4.79 Å². The van der Waals surface area contributed by atoms with Crippen molar-refractivity contribution in [3.05, 3.63) is 12.3 Å². The van der Waals surface area contributed by atoms with Gasteiger partial charge in [-0.05, 0) is 83.5 Å². The summed E-state index contributed by atoms with van der Waals surface area (Å²) in [6.45, 7) is 9.50. The van der Waals surface area contributed by atoms with Gasteiger partial charge in [0.15, 0.2) is 0 Å². The van der Waals surface area contributed by atoms with Crippen molar-refractivity contribution < 1.29 is 39.0 Å². The Morgan fingerprint density at radius 2 is 0.918 bits per heavy atom. The molecule has 0 radical (unpaired) electrons. The number of thiol groups is 2. The van der Waals surface area contributed by atoms with Gasteiger partial charge in [-0.2, -0.15) is 0 Å². The first-order valence-electron chi connectivity index (χ1n) is 23.1. The number of unbranched alkanes of at least 4 members (excludes halogenated alkanes) is 16. The van der Waals surface area contributed by atoms with E-state index in [-0.39, 0.29) is 35.7 Å². The number of aliphatic carboxylic acids is 2.